The number of nitrogens with two attached hydrogens (primary N) is 3. The molecule has 4 heterocycles. The smallest absolute Gasteiger partial charge is 0.258 e. The van der Waals surface area contributed by atoms with Gasteiger partial charge in [-0.05, 0) is 197 Å². The maximum Gasteiger partial charge on any atom is 0.258 e. The van der Waals surface area contributed by atoms with Gasteiger partial charge in [0.15, 0.2) is 11.5 Å². The molecule has 126 heavy (non-hydrogen) atoms. The van der Waals surface area contributed by atoms with E-state index >= 15 is 0 Å². The molecule has 0 spiro atoms. The van der Waals surface area contributed by atoms with Crippen LogP contribution in [0.4, 0.5) is 22.7 Å². The van der Waals surface area contributed by atoms with Gasteiger partial charge >= 0.3 is 0 Å². The number of benzene rings is 10. The molecule has 4 aliphatic heterocycles. The van der Waals surface area contributed by atoms with Crippen LogP contribution < -0.4 is 62.2 Å². The lowest BCUT2D eigenvalue weighted by atomic mass is 10.1. The zero-order valence-corrected chi connectivity index (χ0v) is 73.9. The van der Waals surface area contributed by atoms with Gasteiger partial charge in [0, 0.05) is 128 Å². The summed E-state index contributed by atoms with van der Waals surface area (Å²) in [6, 6.07) is 80.7. The number of halogens is 3. The molecule has 4 atom stereocenters. The molecule has 10 aromatic carbocycles. The van der Waals surface area contributed by atoms with Gasteiger partial charge in [0.2, 0.25) is 41.4 Å². The van der Waals surface area contributed by atoms with Crippen molar-refractivity contribution in [1.29, 1.82) is 0 Å². The number of anilines is 4. The fourth-order valence-electron chi connectivity index (χ4n) is 14.9. The van der Waals surface area contributed by atoms with E-state index in [1.807, 2.05) is 268 Å². The Kier molecular flexibility index (Phi) is 35.7. The van der Waals surface area contributed by atoms with Crippen LogP contribution in [0.15, 0.2) is 261 Å². The predicted octanol–water partition coefficient (Wildman–Crippen LogP) is 12.8. The van der Waals surface area contributed by atoms with Gasteiger partial charge in [-0.3, -0.25) is 43.3 Å². The highest BCUT2D eigenvalue weighted by molar-refractivity contribution is 6.31. The van der Waals surface area contributed by atoms with E-state index in [0.29, 0.717) is 133 Å². The Hall–Kier alpha value is -12.3. The second kappa shape index (κ2) is 47.7. The highest BCUT2D eigenvalue weighted by Crippen LogP contribution is 2.35. The van der Waals surface area contributed by atoms with Crippen molar-refractivity contribution in [1.82, 2.24) is 40.4 Å². The summed E-state index contributed by atoms with van der Waals surface area (Å²) in [5.41, 5.74) is 26.1. The van der Waals surface area contributed by atoms with E-state index in [0.717, 1.165) is 64.9 Å². The van der Waals surface area contributed by atoms with Crippen LogP contribution in [-0.2, 0) is 53.2 Å². The zero-order chi connectivity index (χ0) is 89.4. The van der Waals surface area contributed by atoms with Gasteiger partial charge in [0.1, 0.15) is 18.0 Å². The topological polar surface area (TPSA) is 298 Å². The second-order valence-corrected chi connectivity index (χ2v) is 33.2. The molecule has 9 N–H and O–H groups in total. The fourth-order valence-corrected chi connectivity index (χ4v) is 15.6. The first kappa shape index (κ1) is 94.3. The van der Waals surface area contributed by atoms with Crippen molar-refractivity contribution in [2.24, 2.45) is 17.2 Å². The first-order valence-electron chi connectivity index (χ1n) is 42.3. The highest BCUT2D eigenvalue weighted by atomic mass is 35.5. The van der Waals surface area contributed by atoms with Gasteiger partial charge in [-0.15, -0.1) is 0 Å². The summed E-state index contributed by atoms with van der Waals surface area (Å²) in [7, 11) is 4.07. The van der Waals surface area contributed by atoms with Crippen LogP contribution in [0.25, 0.3) is 0 Å². The summed E-state index contributed by atoms with van der Waals surface area (Å²) in [6.07, 6.45) is 3.34. The summed E-state index contributed by atoms with van der Waals surface area (Å²) < 4.78 is 12.3. The second-order valence-electron chi connectivity index (χ2n) is 31.8. The Labute approximate surface area is 753 Å². The number of hydrogen-bond donors (Lipinski definition) is 6. The summed E-state index contributed by atoms with van der Waals surface area (Å²) >= 11 is 18.1. The minimum Gasteiger partial charge on any atom is -0.455 e. The third-order valence-corrected chi connectivity index (χ3v) is 22.5. The van der Waals surface area contributed by atoms with Crippen molar-refractivity contribution >= 4 is 105 Å². The van der Waals surface area contributed by atoms with E-state index < -0.39 is 0 Å². The van der Waals surface area contributed by atoms with Crippen LogP contribution in [0.2, 0.25) is 15.1 Å². The van der Waals surface area contributed by atoms with Gasteiger partial charge in [0.05, 0.1) is 50.6 Å². The minimum atomic E-state index is -0.217. The zero-order valence-electron chi connectivity index (χ0n) is 71.7. The number of ether oxygens (including phenoxy) is 2. The summed E-state index contributed by atoms with van der Waals surface area (Å²) in [6.45, 7) is 10.3. The minimum absolute atomic E-state index is 0.00637. The molecule has 4 aliphatic rings. The normalized spacial score (nSPS) is 15.6. The number of rotatable bonds is 30. The summed E-state index contributed by atoms with van der Waals surface area (Å²) in [5, 5.41) is 10.6. The largest absolute Gasteiger partial charge is 0.455 e. The molecule has 0 radical (unpaired) electrons. The number of carbonyl (C=O) groups excluding carboxylic acids is 8. The first-order chi connectivity index (χ1) is 60.8. The molecule has 4 fully saturated rings. The van der Waals surface area contributed by atoms with Gasteiger partial charge < -0.3 is 81.8 Å². The molecule has 0 aliphatic carbocycles. The number of aryl methyl sites for hydroxylation is 2. The van der Waals surface area contributed by atoms with Crippen molar-refractivity contribution in [2.75, 3.05) is 132 Å². The van der Waals surface area contributed by atoms with E-state index in [2.05, 4.69) is 20.9 Å². The number of nitrogens with one attached hydrogen (secondary N) is 3. The molecule has 4 saturated heterocycles. The Morgan fingerprint density at radius 1 is 0.373 bits per heavy atom. The molecule has 4 unspecified atom stereocenters. The standard InChI is InChI=1S/C29H33ClN4O3.C27H29ClN4O3.C22H27ClN4O2.C20H23N3O2/c1-32(2)24-15-16-33(19-24)29(36)21-34(20-28(35)31-18-22-9-8-10-23(30)17-22)26-13-6-7-14-27(26)37-25-11-4-3-5-12-25;28-21-8-6-7-20(15-21)16-30-26(33)18-32(19-27(34)31-14-13-22(29)17-31)24-11-4-5-12-25(24)35-23-9-2-1-3-10-23;1-16-4-2-7-20(10-16)27(15-22(29)26-9-8-19(24)13-26)14-21(28)25-12-17-5-3-6-18(23)11-17;1-15-7-5-6-10-18(15)23(20(25)16-8-3-2-4-9-16)14-19(24)22-12-11-17(21)13-22/h3-14,17,24H,15-16,18-21H2,1-2H3,(H,31,35);1-12,15,22H,13-14,16-19,29H2,(H,30,33);2-7,10-11,19H,8-9,12-15,24H2,1H3,(H,25,28);2-10,17H,11-14,21H2,1H3. The van der Waals surface area contributed by atoms with Gasteiger partial charge in [-0.25, -0.2) is 0 Å². The van der Waals surface area contributed by atoms with Crippen molar-refractivity contribution in [3.8, 4) is 23.0 Å². The lowest BCUT2D eigenvalue weighted by molar-refractivity contribution is -0.129. The average molecular weight is 1770 g/mol. The number of carbonyl (C=O) groups is 8. The molecule has 28 heteroatoms. The van der Waals surface area contributed by atoms with Crippen molar-refractivity contribution < 1.29 is 47.8 Å². The van der Waals surface area contributed by atoms with Crippen LogP contribution in [0.5, 0.6) is 23.0 Å². The van der Waals surface area contributed by atoms with Crippen LogP contribution >= 0.6 is 34.8 Å². The van der Waals surface area contributed by atoms with Gasteiger partial charge in [-0.2, -0.15) is 0 Å². The Balaban J connectivity index is 0.000000165. The van der Waals surface area contributed by atoms with E-state index in [-0.39, 0.29) is 111 Å². The number of amides is 8. The molecule has 25 nitrogen and oxygen atoms in total. The van der Waals surface area contributed by atoms with E-state index in [9.17, 15) is 38.4 Å². The molecular formula is C98H112Cl3N15O10. The van der Waals surface area contributed by atoms with E-state index in [1.54, 1.807) is 59.7 Å². The van der Waals surface area contributed by atoms with Crippen LogP contribution in [0.1, 0.15) is 63.9 Å². The maximum atomic E-state index is 13.3. The van der Waals surface area contributed by atoms with Crippen LogP contribution in [0.3, 0.4) is 0 Å². The van der Waals surface area contributed by atoms with Crippen LogP contribution in [0, 0.1) is 13.8 Å². The number of likely N-dealkylation sites (N-methyl/N-ethyl adjacent to an activating group) is 1. The van der Waals surface area contributed by atoms with Gasteiger partial charge in [-0.1, -0.05) is 180 Å². The van der Waals surface area contributed by atoms with E-state index in [1.165, 1.54) is 0 Å². The quantitative estimate of drug-likeness (QED) is 0.0244. The van der Waals surface area contributed by atoms with Crippen molar-refractivity contribution in [3.63, 3.8) is 0 Å². The predicted molar refractivity (Wildman–Crippen MR) is 499 cm³/mol. The van der Waals surface area contributed by atoms with Gasteiger partial charge in [0.25, 0.3) is 5.91 Å². The Morgan fingerprint density at radius 3 is 1.12 bits per heavy atom. The molecule has 0 saturated carbocycles. The maximum absolute atomic E-state index is 13.3. The molecular weight excluding hydrogens is 1650 g/mol. The number of para-hydroxylation sites is 7. The molecule has 660 valence electrons. The lowest BCUT2D eigenvalue weighted by Gasteiger charge is -2.28. The van der Waals surface area contributed by atoms with Crippen molar-refractivity contribution in [3.05, 3.63) is 309 Å². The third-order valence-electron chi connectivity index (χ3n) is 21.8. The molecule has 10 aromatic rings. The lowest BCUT2D eigenvalue weighted by Crippen LogP contribution is -2.44. The average Bonchev–Trinajstić information content (AvgIpc) is 1.20. The fraction of sp³-hybridized carbons (Fsp3) is 0.306. The van der Waals surface area contributed by atoms with Crippen molar-refractivity contribution in [2.45, 2.75) is 83.3 Å². The monoisotopic (exact) mass is 1760 g/mol. The Morgan fingerprint density at radius 2 is 0.730 bits per heavy atom. The first-order valence-corrected chi connectivity index (χ1v) is 43.4. The van der Waals surface area contributed by atoms with E-state index in [4.69, 9.17) is 61.5 Å². The molecule has 0 bridgehead atoms. The van der Waals surface area contributed by atoms with Crippen LogP contribution in [-0.4, -0.2) is 208 Å². The molecule has 0 aromatic heterocycles. The number of hydrogen-bond acceptors (Lipinski definition) is 17. The molecule has 14 rings (SSSR count). The number of likely N-dealkylation sites (tertiary alicyclic amines) is 4. The Bertz CT molecular complexity index is 5280. The summed E-state index contributed by atoms with van der Waals surface area (Å²) in [5.74, 6) is 1.58. The SMILES string of the molecule is CN(C)C1CCN(C(=O)CN(CC(=O)NCc2cccc(Cl)c2)c2ccccc2Oc2ccccc2)C1.Cc1cccc(N(CC(=O)NCc2cccc(Cl)c2)CC(=O)N2CCC(N)C2)c1.Cc1ccccc1N(CC(=O)N1CCC(N)C1)C(=O)c1ccccc1.NC1CCN(C(=O)CN(CC(=O)NCc2cccc(Cl)c2)c2ccccc2Oc2ccccc2)C1. The molecule has 8 amide bonds. The summed E-state index contributed by atoms with van der Waals surface area (Å²) in [4.78, 5) is 120. The number of nitrogens with zero attached hydrogens (tertiary/aromatic N) is 9. The third kappa shape index (κ3) is 29.4. The highest BCUT2D eigenvalue weighted by Gasteiger charge is 2.33.